The van der Waals surface area contributed by atoms with E-state index in [2.05, 4.69) is 0 Å². The minimum Gasteiger partial charge on any atom is -0.456 e. The summed E-state index contributed by atoms with van der Waals surface area (Å²) in [6.07, 6.45) is 1.55. The highest BCUT2D eigenvalue weighted by molar-refractivity contribution is 8.06. The lowest BCUT2D eigenvalue weighted by molar-refractivity contribution is -0.384. The van der Waals surface area contributed by atoms with Crippen molar-refractivity contribution in [3.63, 3.8) is 0 Å². The number of nitro groups is 1. The Balaban J connectivity index is 1.78. The lowest BCUT2D eigenvalue weighted by Crippen LogP contribution is -2.61. The summed E-state index contributed by atoms with van der Waals surface area (Å²) in [5.74, 6) is -1.63. The van der Waals surface area contributed by atoms with Gasteiger partial charge in [0, 0.05) is 23.5 Å². The molecule has 2 heterocycles. The average molecular weight is 432 g/mol. The quantitative estimate of drug-likeness (QED) is 0.166. The lowest BCUT2D eigenvalue weighted by Gasteiger charge is -2.44. The highest BCUT2D eigenvalue weighted by Gasteiger charge is 2.57. The number of nitrogens with zero attached hydrogens (tertiary/aromatic N) is 2. The van der Waals surface area contributed by atoms with Crippen molar-refractivity contribution in [2.24, 2.45) is 5.92 Å². The largest absolute Gasteiger partial charge is 0.456 e. The van der Waals surface area contributed by atoms with Crippen molar-refractivity contribution >= 4 is 35.6 Å². The lowest BCUT2D eigenvalue weighted by atomic mass is 9.83. The van der Waals surface area contributed by atoms with E-state index in [1.54, 1.807) is 6.92 Å². The van der Waals surface area contributed by atoms with Crippen molar-refractivity contribution in [3.8, 4) is 0 Å². The molecule has 1 N–H and O–H groups in total. The van der Waals surface area contributed by atoms with Crippen LogP contribution in [-0.4, -0.2) is 45.2 Å². The van der Waals surface area contributed by atoms with Gasteiger partial charge in [-0.3, -0.25) is 19.7 Å². The highest BCUT2D eigenvalue weighted by atomic mass is 32.2. The molecule has 0 saturated carbocycles. The maximum absolute atomic E-state index is 12.8. The molecule has 3 rings (SSSR count). The second-order valence-electron chi connectivity index (χ2n) is 7.03. The Labute approximate surface area is 176 Å². The molecule has 158 valence electrons. The topological polar surface area (TPSA) is 127 Å². The zero-order valence-corrected chi connectivity index (χ0v) is 17.1. The van der Waals surface area contributed by atoms with E-state index in [1.807, 2.05) is 0 Å². The Bertz CT molecular complexity index is 952. The van der Waals surface area contributed by atoms with E-state index in [9.17, 15) is 29.6 Å². The molecule has 0 aliphatic carbocycles. The number of carbonyl (C=O) groups excluding carboxylic acids is 3. The highest BCUT2D eigenvalue weighted by Crippen LogP contribution is 2.48. The standard InChI is InChI=1S/C20H20N2O7S/c1-11(7-8-23)30-16-9-15-17(12(2)24)19(25)21(15)18(16)20(26)29-10-13-3-5-14(6-4-13)22(27)28/h3-8,12,15,17,24H,9-10H2,1-2H3/b11-7-/t12-,15+,17-/m0/s1. The van der Waals surface area contributed by atoms with Crippen molar-refractivity contribution in [3.05, 3.63) is 61.5 Å². The summed E-state index contributed by atoms with van der Waals surface area (Å²) < 4.78 is 5.36. The molecular formula is C20H20N2O7S. The van der Waals surface area contributed by atoms with Crippen LogP contribution in [0.4, 0.5) is 5.69 Å². The first-order valence-electron chi connectivity index (χ1n) is 9.19. The minimum atomic E-state index is -0.841. The van der Waals surface area contributed by atoms with Crippen molar-refractivity contribution in [1.29, 1.82) is 0 Å². The predicted molar refractivity (Wildman–Crippen MR) is 108 cm³/mol. The Kier molecular flexibility index (Phi) is 6.37. The number of thioether (sulfide) groups is 1. The summed E-state index contributed by atoms with van der Waals surface area (Å²) in [6.45, 7) is 3.14. The first kappa shape index (κ1) is 21.7. The predicted octanol–water partition coefficient (Wildman–Crippen LogP) is 2.30. The van der Waals surface area contributed by atoms with E-state index in [4.69, 9.17) is 4.74 Å². The van der Waals surface area contributed by atoms with Gasteiger partial charge < -0.3 is 14.7 Å². The molecule has 1 fully saturated rings. The van der Waals surface area contributed by atoms with Crippen LogP contribution >= 0.6 is 11.8 Å². The molecule has 0 spiro atoms. The third-order valence-corrected chi connectivity index (χ3v) is 6.05. The SMILES string of the molecule is C/C(=C/C=O)SC1=C(C(=O)OCc2ccc([N+](=O)[O-])cc2)N2C(=O)[C@@H]([C@H](C)O)[C@H]2C1. The van der Waals surface area contributed by atoms with Crippen LogP contribution in [0, 0.1) is 16.0 Å². The number of hydrogen-bond acceptors (Lipinski definition) is 8. The molecule has 10 heteroatoms. The molecule has 9 nitrogen and oxygen atoms in total. The van der Waals surface area contributed by atoms with Gasteiger partial charge in [-0.15, -0.1) is 0 Å². The fourth-order valence-electron chi connectivity index (χ4n) is 3.57. The molecule has 30 heavy (non-hydrogen) atoms. The van der Waals surface area contributed by atoms with E-state index < -0.39 is 22.9 Å². The number of aliphatic hydroxyl groups excluding tert-OH is 1. The summed E-state index contributed by atoms with van der Waals surface area (Å²) in [6, 6.07) is 5.28. The Morgan fingerprint density at radius 3 is 2.67 bits per heavy atom. The molecule has 0 unspecified atom stereocenters. The van der Waals surface area contributed by atoms with Gasteiger partial charge >= 0.3 is 5.97 Å². The number of hydrogen-bond donors (Lipinski definition) is 1. The van der Waals surface area contributed by atoms with Crippen LogP contribution in [0.2, 0.25) is 0 Å². The van der Waals surface area contributed by atoms with Gasteiger partial charge in [-0.25, -0.2) is 4.79 Å². The summed E-state index contributed by atoms with van der Waals surface area (Å²) in [5, 5.41) is 20.6. The fraction of sp³-hybridized carbons (Fsp3) is 0.350. The van der Waals surface area contributed by atoms with Crippen molar-refractivity contribution < 1.29 is 29.2 Å². The minimum absolute atomic E-state index is 0.0714. The monoisotopic (exact) mass is 432 g/mol. The Morgan fingerprint density at radius 1 is 1.43 bits per heavy atom. The van der Waals surface area contributed by atoms with Crippen LogP contribution in [0.3, 0.4) is 0 Å². The maximum atomic E-state index is 12.8. The number of carbonyl (C=O) groups is 3. The number of benzene rings is 1. The number of amides is 1. The van der Waals surface area contributed by atoms with Gasteiger partial charge in [0.1, 0.15) is 18.6 Å². The third-order valence-electron chi connectivity index (χ3n) is 4.99. The maximum Gasteiger partial charge on any atom is 0.356 e. The number of fused-ring (bicyclic) bond motifs is 1. The molecule has 1 saturated heterocycles. The Hall–Kier alpha value is -2.98. The van der Waals surface area contributed by atoms with E-state index in [-0.39, 0.29) is 29.9 Å². The van der Waals surface area contributed by atoms with Gasteiger partial charge in [-0.1, -0.05) is 11.8 Å². The average Bonchev–Trinajstić information content (AvgIpc) is 3.00. The molecule has 0 radical (unpaired) electrons. The second-order valence-corrected chi connectivity index (χ2v) is 8.37. The smallest absolute Gasteiger partial charge is 0.356 e. The number of β-lactam (4-membered cyclic amide) rings is 1. The van der Waals surface area contributed by atoms with Gasteiger partial charge in [0.05, 0.1) is 23.0 Å². The summed E-state index contributed by atoms with van der Waals surface area (Å²) in [7, 11) is 0. The van der Waals surface area contributed by atoms with Crippen molar-refractivity contribution in [1.82, 2.24) is 4.90 Å². The van der Waals surface area contributed by atoms with E-state index >= 15 is 0 Å². The number of rotatable bonds is 8. The number of allylic oxidation sites excluding steroid dienone is 2. The van der Waals surface area contributed by atoms with Gasteiger partial charge in [0.15, 0.2) is 0 Å². The molecule has 1 aromatic carbocycles. The van der Waals surface area contributed by atoms with Crippen LogP contribution in [-0.2, 0) is 25.7 Å². The number of esters is 1. The molecule has 1 amide bonds. The second kappa shape index (κ2) is 8.80. The molecule has 1 aromatic rings. The summed E-state index contributed by atoms with van der Waals surface area (Å²) in [4.78, 5) is 48.9. The fourth-order valence-corrected chi connectivity index (χ4v) is 4.61. The number of ether oxygens (including phenoxy) is 1. The van der Waals surface area contributed by atoms with Crippen molar-refractivity contribution in [2.45, 2.75) is 39.0 Å². The van der Waals surface area contributed by atoms with Gasteiger partial charge in [0.25, 0.3) is 5.69 Å². The van der Waals surface area contributed by atoms with Crippen LogP contribution < -0.4 is 0 Å². The third kappa shape index (κ3) is 4.14. The number of nitro benzene ring substituents is 1. The van der Waals surface area contributed by atoms with Crippen LogP contribution in [0.25, 0.3) is 0 Å². The van der Waals surface area contributed by atoms with E-state index in [0.29, 0.717) is 28.1 Å². The molecule has 2 aliphatic rings. The molecule has 3 atom stereocenters. The number of non-ortho nitro benzene ring substituents is 1. The zero-order chi connectivity index (χ0) is 22.0. The molecule has 0 aromatic heterocycles. The first-order chi connectivity index (χ1) is 14.2. The molecule has 2 aliphatic heterocycles. The number of aldehydes is 1. The summed E-state index contributed by atoms with van der Waals surface area (Å²) >= 11 is 1.22. The Morgan fingerprint density at radius 2 is 2.10 bits per heavy atom. The van der Waals surface area contributed by atoms with E-state index in [1.165, 1.54) is 53.9 Å². The van der Waals surface area contributed by atoms with E-state index in [0.717, 1.165) is 0 Å². The number of aliphatic hydroxyl groups is 1. The van der Waals surface area contributed by atoms with Crippen LogP contribution in [0.5, 0.6) is 0 Å². The zero-order valence-electron chi connectivity index (χ0n) is 16.3. The van der Waals surface area contributed by atoms with Crippen LogP contribution in [0.15, 0.2) is 45.8 Å². The summed E-state index contributed by atoms with van der Waals surface area (Å²) in [5.41, 5.74) is 0.609. The molecular weight excluding hydrogens is 412 g/mol. The molecule has 0 bridgehead atoms. The van der Waals surface area contributed by atoms with Gasteiger partial charge in [-0.05, 0) is 42.5 Å². The van der Waals surface area contributed by atoms with Gasteiger partial charge in [-0.2, -0.15) is 0 Å². The van der Waals surface area contributed by atoms with Crippen molar-refractivity contribution in [2.75, 3.05) is 0 Å². The first-order valence-corrected chi connectivity index (χ1v) is 10.0. The van der Waals surface area contributed by atoms with Gasteiger partial charge in [0.2, 0.25) is 5.91 Å². The normalized spacial score (nSPS) is 21.8. The van der Waals surface area contributed by atoms with Crippen LogP contribution in [0.1, 0.15) is 25.8 Å².